The van der Waals surface area contributed by atoms with Crippen LogP contribution in [-0.4, -0.2) is 42.6 Å². The van der Waals surface area contributed by atoms with Crippen molar-refractivity contribution in [2.45, 2.75) is 134 Å². The Hall–Kier alpha value is -1.19. The molecule has 0 bridgehead atoms. The monoisotopic (exact) mass is 505 g/mol. The summed E-state index contributed by atoms with van der Waals surface area (Å²) in [6.45, 7) is 2.67. The molecule has 0 rings (SSSR count). The molecule has 2 amide bonds. The highest BCUT2D eigenvalue weighted by Gasteiger charge is 2.50. The summed E-state index contributed by atoms with van der Waals surface area (Å²) >= 11 is 0. The van der Waals surface area contributed by atoms with Crippen molar-refractivity contribution in [1.29, 1.82) is 0 Å². The molecule has 0 fully saturated rings. The number of unbranched alkanes of at least 4 members (excludes halogenated alkanes) is 15. The molecule has 8 nitrogen and oxygen atoms in total. The molecule has 0 aliphatic heterocycles. The van der Waals surface area contributed by atoms with Crippen LogP contribution in [0.25, 0.3) is 0 Å². The van der Waals surface area contributed by atoms with Gasteiger partial charge in [-0.15, -0.1) is 0 Å². The van der Waals surface area contributed by atoms with E-state index in [1.54, 1.807) is 0 Å². The molecule has 34 heavy (non-hydrogen) atoms. The SMILES string of the molecule is CCCCCCCCCCCCCCCCCCNC(=O)C(CCCN)(CC(N)=O)S(=O)(=O)O. The second-order valence-electron chi connectivity index (χ2n) is 9.56. The van der Waals surface area contributed by atoms with Gasteiger partial charge in [0, 0.05) is 6.54 Å². The third-order valence-electron chi connectivity index (χ3n) is 6.47. The number of nitrogens with one attached hydrogen (secondary N) is 1. The van der Waals surface area contributed by atoms with E-state index < -0.39 is 33.1 Å². The summed E-state index contributed by atoms with van der Waals surface area (Å²) < 4.78 is 31.3. The summed E-state index contributed by atoms with van der Waals surface area (Å²) in [5.74, 6) is -1.85. The van der Waals surface area contributed by atoms with E-state index in [1.807, 2.05) is 0 Å². The standard InChI is InChI=1S/C25H51N3O5S/c1-2-3-4-5-6-7-8-9-10-11-12-13-14-15-16-17-21-28-24(30)25(19-18-20-26,22-23(27)29)34(31,32)33/h2-22,26H2,1H3,(H2,27,29)(H,28,30)(H,31,32,33). The zero-order chi connectivity index (χ0) is 25.7. The summed E-state index contributed by atoms with van der Waals surface area (Å²) in [5, 5.41) is 2.57. The highest BCUT2D eigenvalue weighted by Crippen LogP contribution is 2.27. The van der Waals surface area contributed by atoms with Gasteiger partial charge < -0.3 is 16.8 Å². The van der Waals surface area contributed by atoms with Crippen molar-refractivity contribution in [3.05, 3.63) is 0 Å². The van der Waals surface area contributed by atoms with Gasteiger partial charge in [0.1, 0.15) is 0 Å². The molecule has 0 spiro atoms. The maximum absolute atomic E-state index is 12.6. The lowest BCUT2D eigenvalue weighted by Gasteiger charge is -2.28. The first kappa shape index (κ1) is 32.8. The van der Waals surface area contributed by atoms with Gasteiger partial charge in [-0.3, -0.25) is 14.1 Å². The predicted octanol–water partition coefficient (Wildman–Crippen LogP) is 4.61. The fraction of sp³-hybridized carbons (Fsp3) is 0.920. The number of carbonyl (C=O) groups is 2. The van der Waals surface area contributed by atoms with E-state index in [2.05, 4.69) is 12.2 Å². The van der Waals surface area contributed by atoms with Crippen LogP contribution < -0.4 is 16.8 Å². The molecular formula is C25H51N3O5S. The van der Waals surface area contributed by atoms with E-state index in [9.17, 15) is 22.6 Å². The lowest BCUT2D eigenvalue weighted by Crippen LogP contribution is -2.54. The second kappa shape index (κ2) is 20.0. The van der Waals surface area contributed by atoms with Crippen LogP contribution >= 0.6 is 0 Å². The molecule has 0 saturated heterocycles. The number of hydrogen-bond acceptors (Lipinski definition) is 5. The Labute approximate surface area is 208 Å². The minimum absolute atomic E-state index is 0.127. The predicted molar refractivity (Wildman–Crippen MR) is 139 cm³/mol. The Bertz CT molecular complexity index is 642. The number of carbonyl (C=O) groups excluding carboxylic acids is 2. The van der Waals surface area contributed by atoms with Gasteiger partial charge >= 0.3 is 0 Å². The highest BCUT2D eigenvalue weighted by molar-refractivity contribution is 7.88. The molecule has 0 radical (unpaired) electrons. The van der Waals surface area contributed by atoms with E-state index in [0.717, 1.165) is 19.3 Å². The molecule has 0 saturated carbocycles. The maximum Gasteiger partial charge on any atom is 0.280 e. The van der Waals surface area contributed by atoms with Gasteiger partial charge in [-0.1, -0.05) is 103 Å². The van der Waals surface area contributed by atoms with Crippen molar-refractivity contribution in [3.8, 4) is 0 Å². The third kappa shape index (κ3) is 14.9. The highest BCUT2D eigenvalue weighted by atomic mass is 32.2. The minimum Gasteiger partial charge on any atom is -0.370 e. The Kier molecular flexibility index (Phi) is 19.3. The zero-order valence-corrected chi connectivity index (χ0v) is 22.3. The Balaban J connectivity index is 3.93. The number of hydrogen-bond donors (Lipinski definition) is 4. The van der Waals surface area contributed by atoms with E-state index in [4.69, 9.17) is 11.5 Å². The van der Waals surface area contributed by atoms with Crippen LogP contribution in [-0.2, 0) is 19.7 Å². The first-order valence-corrected chi connectivity index (χ1v) is 14.9. The summed E-state index contributed by atoms with van der Waals surface area (Å²) in [4.78, 5) is 24.0. The van der Waals surface area contributed by atoms with Gasteiger partial charge in [-0.25, -0.2) is 0 Å². The van der Waals surface area contributed by atoms with Crippen molar-refractivity contribution in [1.82, 2.24) is 5.32 Å². The van der Waals surface area contributed by atoms with E-state index in [0.29, 0.717) is 6.42 Å². The molecule has 1 unspecified atom stereocenters. The minimum atomic E-state index is -4.83. The topological polar surface area (TPSA) is 153 Å². The van der Waals surface area contributed by atoms with Crippen LogP contribution in [0.2, 0.25) is 0 Å². The summed E-state index contributed by atoms with van der Waals surface area (Å²) in [7, 11) is -4.83. The molecule has 0 heterocycles. The molecule has 0 aromatic carbocycles. The molecule has 0 aliphatic rings. The summed E-state index contributed by atoms with van der Waals surface area (Å²) in [5.41, 5.74) is 10.6. The maximum atomic E-state index is 12.6. The molecule has 0 aliphatic carbocycles. The van der Waals surface area contributed by atoms with Crippen molar-refractivity contribution >= 4 is 21.9 Å². The Morgan fingerprint density at radius 1 is 0.765 bits per heavy atom. The molecular weight excluding hydrogens is 454 g/mol. The van der Waals surface area contributed by atoms with Crippen molar-refractivity contribution < 1.29 is 22.6 Å². The van der Waals surface area contributed by atoms with Crippen molar-refractivity contribution in [3.63, 3.8) is 0 Å². The zero-order valence-electron chi connectivity index (χ0n) is 21.5. The largest absolute Gasteiger partial charge is 0.370 e. The van der Waals surface area contributed by atoms with Crippen LogP contribution in [0, 0.1) is 0 Å². The van der Waals surface area contributed by atoms with Gasteiger partial charge in [0.2, 0.25) is 11.8 Å². The van der Waals surface area contributed by atoms with Crippen LogP contribution in [0.4, 0.5) is 0 Å². The molecule has 9 heteroatoms. The smallest absolute Gasteiger partial charge is 0.280 e. The third-order valence-corrected chi connectivity index (χ3v) is 7.99. The normalized spacial score (nSPS) is 13.5. The average Bonchev–Trinajstić information content (AvgIpc) is 2.77. The van der Waals surface area contributed by atoms with Gasteiger partial charge in [0.25, 0.3) is 10.1 Å². The molecule has 202 valence electrons. The van der Waals surface area contributed by atoms with Crippen molar-refractivity contribution in [2.24, 2.45) is 11.5 Å². The number of amides is 2. The van der Waals surface area contributed by atoms with E-state index in [-0.39, 0.29) is 25.9 Å². The fourth-order valence-electron chi connectivity index (χ4n) is 4.32. The lowest BCUT2D eigenvalue weighted by atomic mass is 9.96. The summed E-state index contributed by atoms with van der Waals surface area (Å²) in [6.07, 6.45) is 19.0. The number of primary amides is 1. The van der Waals surface area contributed by atoms with Gasteiger partial charge in [0.05, 0.1) is 6.42 Å². The van der Waals surface area contributed by atoms with Gasteiger partial charge in [-0.2, -0.15) is 8.42 Å². The van der Waals surface area contributed by atoms with Gasteiger partial charge in [-0.05, 0) is 25.8 Å². The molecule has 6 N–H and O–H groups in total. The number of rotatable bonds is 24. The van der Waals surface area contributed by atoms with Gasteiger partial charge in [0.15, 0.2) is 4.75 Å². The van der Waals surface area contributed by atoms with Crippen LogP contribution in [0.15, 0.2) is 0 Å². The molecule has 0 aromatic rings. The lowest BCUT2D eigenvalue weighted by molar-refractivity contribution is -0.128. The fourth-order valence-corrected chi connectivity index (χ4v) is 5.36. The van der Waals surface area contributed by atoms with Crippen LogP contribution in [0.1, 0.15) is 129 Å². The van der Waals surface area contributed by atoms with Crippen LogP contribution in [0.5, 0.6) is 0 Å². The molecule has 0 aromatic heterocycles. The quantitative estimate of drug-likeness (QED) is 0.111. The first-order valence-electron chi connectivity index (χ1n) is 13.4. The molecule has 1 atom stereocenters. The Morgan fingerprint density at radius 3 is 1.53 bits per heavy atom. The Morgan fingerprint density at radius 2 is 1.18 bits per heavy atom. The summed E-state index contributed by atoms with van der Waals surface area (Å²) in [6, 6.07) is 0. The van der Waals surface area contributed by atoms with E-state index >= 15 is 0 Å². The van der Waals surface area contributed by atoms with E-state index in [1.165, 1.54) is 77.0 Å². The number of nitrogens with two attached hydrogens (primary N) is 2. The average molecular weight is 506 g/mol. The first-order chi connectivity index (χ1) is 16.2. The second-order valence-corrected chi connectivity index (χ2v) is 11.3. The van der Waals surface area contributed by atoms with Crippen LogP contribution in [0.3, 0.4) is 0 Å². The van der Waals surface area contributed by atoms with Crippen molar-refractivity contribution in [2.75, 3.05) is 13.1 Å².